The highest BCUT2D eigenvalue weighted by Crippen LogP contribution is 2.35. The van der Waals surface area contributed by atoms with Crippen LogP contribution in [0.15, 0.2) is 24.3 Å². The first-order valence-electron chi connectivity index (χ1n) is 6.70. The van der Waals surface area contributed by atoms with Crippen molar-refractivity contribution in [2.24, 2.45) is 5.92 Å². The molecule has 108 valence electrons. The molecule has 0 atom stereocenters. The Hall–Kier alpha value is -1.58. The third-order valence-corrected chi connectivity index (χ3v) is 2.79. The summed E-state index contributed by atoms with van der Waals surface area (Å²) in [7, 11) is 0. The van der Waals surface area contributed by atoms with E-state index in [4.69, 9.17) is 9.84 Å². The SMILES string of the molecule is C=C(C(=O)O)C1CC1.C=C(CC)C(=O)OCCCC. The molecule has 0 aromatic carbocycles. The largest absolute Gasteiger partial charge is 0.478 e. The van der Waals surface area contributed by atoms with Gasteiger partial charge in [0.05, 0.1) is 6.61 Å². The Balaban J connectivity index is 0.000000356. The van der Waals surface area contributed by atoms with Gasteiger partial charge in [-0.05, 0) is 31.6 Å². The fraction of sp³-hybridized carbons (Fsp3) is 0.600. The highest BCUT2D eigenvalue weighted by molar-refractivity contribution is 5.87. The first-order chi connectivity index (χ1) is 8.93. The molecule has 4 nitrogen and oxygen atoms in total. The molecular weight excluding hydrogens is 244 g/mol. The number of carbonyl (C=O) groups excluding carboxylic acids is 1. The number of carboxylic acid groups (broad SMARTS) is 1. The van der Waals surface area contributed by atoms with Gasteiger partial charge in [0.1, 0.15) is 0 Å². The maximum absolute atomic E-state index is 10.9. The number of hydrogen-bond donors (Lipinski definition) is 1. The van der Waals surface area contributed by atoms with Crippen molar-refractivity contribution in [1.82, 2.24) is 0 Å². The normalized spacial score (nSPS) is 12.9. The van der Waals surface area contributed by atoms with Gasteiger partial charge in [0.15, 0.2) is 0 Å². The molecule has 0 amide bonds. The molecule has 0 radical (unpaired) electrons. The fourth-order valence-electron chi connectivity index (χ4n) is 1.16. The van der Waals surface area contributed by atoms with Crippen LogP contribution in [0.25, 0.3) is 0 Å². The minimum Gasteiger partial charge on any atom is -0.478 e. The van der Waals surface area contributed by atoms with Gasteiger partial charge in [-0.2, -0.15) is 0 Å². The van der Waals surface area contributed by atoms with E-state index in [0.717, 1.165) is 25.7 Å². The Labute approximate surface area is 115 Å². The van der Waals surface area contributed by atoms with Crippen molar-refractivity contribution in [2.45, 2.75) is 46.0 Å². The van der Waals surface area contributed by atoms with Crippen molar-refractivity contribution in [3.05, 3.63) is 24.3 Å². The molecule has 1 saturated carbocycles. The van der Waals surface area contributed by atoms with Crippen molar-refractivity contribution in [1.29, 1.82) is 0 Å². The zero-order valence-electron chi connectivity index (χ0n) is 11.9. The average molecular weight is 268 g/mol. The molecule has 1 rings (SSSR count). The average Bonchev–Trinajstić information content (AvgIpc) is 3.22. The van der Waals surface area contributed by atoms with Gasteiger partial charge in [0, 0.05) is 11.1 Å². The van der Waals surface area contributed by atoms with Crippen LogP contribution in [0.1, 0.15) is 46.0 Å². The molecule has 4 heteroatoms. The van der Waals surface area contributed by atoms with Crippen LogP contribution in [0.4, 0.5) is 0 Å². The number of carbonyl (C=O) groups is 2. The first kappa shape index (κ1) is 17.4. The quantitative estimate of drug-likeness (QED) is 0.437. The summed E-state index contributed by atoms with van der Waals surface area (Å²) < 4.78 is 4.90. The molecule has 1 aliphatic rings. The van der Waals surface area contributed by atoms with Crippen molar-refractivity contribution in [2.75, 3.05) is 6.61 Å². The summed E-state index contributed by atoms with van der Waals surface area (Å²) in [6.07, 6.45) is 4.69. The Bertz CT molecular complexity index is 340. The van der Waals surface area contributed by atoms with Crippen LogP contribution in [0.3, 0.4) is 0 Å². The molecule has 19 heavy (non-hydrogen) atoms. The van der Waals surface area contributed by atoms with E-state index in [0.29, 0.717) is 30.1 Å². The molecule has 1 fully saturated rings. The molecule has 0 saturated heterocycles. The predicted molar refractivity (Wildman–Crippen MR) is 74.8 cm³/mol. The van der Waals surface area contributed by atoms with E-state index in [1.54, 1.807) is 0 Å². The van der Waals surface area contributed by atoms with E-state index >= 15 is 0 Å². The van der Waals surface area contributed by atoms with E-state index in [1.165, 1.54) is 0 Å². The summed E-state index contributed by atoms with van der Waals surface area (Å²) >= 11 is 0. The van der Waals surface area contributed by atoms with Crippen molar-refractivity contribution in [3.63, 3.8) is 0 Å². The monoisotopic (exact) mass is 268 g/mol. The lowest BCUT2D eigenvalue weighted by Crippen LogP contribution is -2.07. The van der Waals surface area contributed by atoms with Crippen LogP contribution in [-0.2, 0) is 14.3 Å². The Morgan fingerprint density at radius 1 is 1.26 bits per heavy atom. The van der Waals surface area contributed by atoms with Gasteiger partial charge in [0.25, 0.3) is 0 Å². The van der Waals surface area contributed by atoms with Gasteiger partial charge in [-0.25, -0.2) is 9.59 Å². The summed E-state index contributed by atoms with van der Waals surface area (Å²) in [6.45, 7) is 11.5. The topological polar surface area (TPSA) is 63.6 Å². The molecule has 0 aromatic rings. The zero-order valence-corrected chi connectivity index (χ0v) is 11.9. The third kappa shape index (κ3) is 8.19. The van der Waals surface area contributed by atoms with Crippen LogP contribution >= 0.6 is 0 Å². The number of ether oxygens (including phenoxy) is 1. The molecule has 1 N–H and O–H groups in total. The van der Waals surface area contributed by atoms with Gasteiger partial charge in [-0.3, -0.25) is 0 Å². The fourth-order valence-corrected chi connectivity index (χ4v) is 1.16. The van der Waals surface area contributed by atoms with Crippen molar-refractivity contribution < 1.29 is 19.4 Å². The second kappa shape index (κ2) is 9.36. The lowest BCUT2D eigenvalue weighted by Gasteiger charge is -2.03. The van der Waals surface area contributed by atoms with Crippen LogP contribution in [-0.4, -0.2) is 23.7 Å². The Morgan fingerprint density at radius 3 is 2.16 bits per heavy atom. The van der Waals surface area contributed by atoms with E-state index in [2.05, 4.69) is 20.1 Å². The first-order valence-corrected chi connectivity index (χ1v) is 6.70. The molecular formula is C15H24O4. The smallest absolute Gasteiger partial charge is 0.333 e. The molecule has 0 aromatic heterocycles. The van der Waals surface area contributed by atoms with E-state index < -0.39 is 5.97 Å². The van der Waals surface area contributed by atoms with Crippen LogP contribution in [0.5, 0.6) is 0 Å². The van der Waals surface area contributed by atoms with Gasteiger partial charge in [-0.15, -0.1) is 0 Å². The maximum atomic E-state index is 10.9. The van der Waals surface area contributed by atoms with E-state index in [-0.39, 0.29) is 5.97 Å². The second-order valence-corrected chi connectivity index (χ2v) is 4.55. The van der Waals surface area contributed by atoms with Gasteiger partial charge >= 0.3 is 11.9 Å². The van der Waals surface area contributed by atoms with Crippen LogP contribution in [0, 0.1) is 5.92 Å². The third-order valence-electron chi connectivity index (χ3n) is 2.79. The van der Waals surface area contributed by atoms with E-state index in [9.17, 15) is 9.59 Å². The second-order valence-electron chi connectivity index (χ2n) is 4.55. The van der Waals surface area contributed by atoms with E-state index in [1.807, 2.05) is 6.92 Å². The van der Waals surface area contributed by atoms with Gasteiger partial charge in [0.2, 0.25) is 0 Å². The maximum Gasteiger partial charge on any atom is 0.333 e. The summed E-state index contributed by atoms with van der Waals surface area (Å²) in [6, 6.07) is 0. The van der Waals surface area contributed by atoms with Crippen molar-refractivity contribution in [3.8, 4) is 0 Å². The highest BCUT2D eigenvalue weighted by Gasteiger charge is 2.28. The highest BCUT2D eigenvalue weighted by atomic mass is 16.5. The van der Waals surface area contributed by atoms with Gasteiger partial charge in [-0.1, -0.05) is 33.4 Å². The molecule has 0 unspecified atom stereocenters. The molecule has 0 spiro atoms. The van der Waals surface area contributed by atoms with Crippen LogP contribution in [0.2, 0.25) is 0 Å². The predicted octanol–water partition coefficient (Wildman–Crippen LogP) is 3.33. The number of aliphatic carboxylic acids is 1. The molecule has 0 aliphatic heterocycles. The minimum atomic E-state index is -0.840. The molecule has 0 bridgehead atoms. The number of esters is 1. The van der Waals surface area contributed by atoms with Crippen LogP contribution < -0.4 is 0 Å². The summed E-state index contributed by atoms with van der Waals surface area (Å²) in [4.78, 5) is 21.0. The lowest BCUT2D eigenvalue weighted by atomic mass is 10.2. The van der Waals surface area contributed by atoms with Crippen molar-refractivity contribution >= 4 is 11.9 Å². The zero-order chi connectivity index (χ0) is 14.8. The Morgan fingerprint density at radius 2 is 1.84 bits per heavy atom. The number of hydrogen-bond acceptors (Lipinski definition) is 3. The number of rotatable bonds is 7. The van der Waals surface area contributed by atoms with Gasteiger partial charge < -0.3 is 9.84 Å². The summed E-state index contributed by atoms with van der Waals surface area (Å²) in [5, 5.41) is 8.29. The number of carboxylic acids is 1. The minimum absolute atomic E-state index is 0.249. The Kier molecular flexibility index (Phi) is 8.58. The number of unbranched alkanes of at least 4 members (excludes halogenated alkanes) is 1. The standard InChI is InChI=1S/C9H16O2.C6H8O2/c1-4-6-7-11-9(10)8(3)5-2;1-4(6(7)8)5-2-3-5/h3-7H2,1-2H3;5H,1-3H2,(H,7,8). The molecule has 0 heterocycles. The molecule has 1 aliphatic carbocycles. The summed E-state index contributed by atoms with van der Waals surface area (Å²) in [5.41, 5.74) is 0.936. The summed E-state index contributed by atoms with van der Waals surface area (Å²) in [5.74, 6) is -0.791. The lowest BCUT2D eigenvalue weighted by molar-refractivity contribution is -0.139.